The molecule has 0 spiro atoms. The van der Waals surface area contributed by atoms with Crippen molar-refractivity contribution in [2.75, 3.05) is 6.54 Å². The van der Waals surface area contributed by atoms with Crippen LogP contribution in [0, 0.1) is 5.92 Å². The molecule has 0 radical (unpaired) electrons. The number of carbonyl (C=O) groups excluding carboxylic acids is 4. The highest BCUT2D eigenvalue weighted by molar-refractivity contribution is 5.93. The van der Waals surface area contributed by atoms with Crippen molar-refractivity contribution in [2.45, 2.75) is 57.8 Å². The van der Waals surface area contributed by atoms with Crippen LogP contribution in [0.3, 0.4) is 0 Å². The standard InChI is InChI=1S/C16H29N5O7/c1-7(2)4-9(17)14(25)21-13(8(3)22)15(26)19-6-12(24)20-10(16(27)28)5-11(18)23/h7-10,13,22H,4-6,17H2,1-3H3,(H2,18,23)(H,19,26)(H,20,24)(H,21,25)(H,27,28). The summed E-state index contributed by atoms with van der Waals surface area (Å²) in [6, 6.07) is -3.77. The van der Waals surface area contributed by atoms with Crippen LogP contribution in [0.15, 0.2) is 0 Å². The van der Waals surface area contributed by atoms with Crippen LogP contribution < -0.4 is 27.4 Å². The molecule has 0 aromatic heterocycles. The fraction of sp³-hybridized carbons (Fsp3) is 0.688. The van der Waals surface area contributed by atoms with E-state index in [1.165, 1.54) is 6.92 Å². The second-order valence-corrected chi connectivity index (χ2v) is 6.81. The third kappa shape index (κ3) is 9.83. The van der Waals surface area contributed by atoms with Gasteiger partial charge in [0, 0.05) is 0 Å². The SMILES string of the molecule is CC(C)CC(N)C(=O)NC(C(=O)NCC(=O)NC(CC(N)=O)C(=O)O)C(C)O. The number of rotatable bonds is 12. The number of hydrogen-bond acceptors (Lipinski definition) is 7. The Kier molecular flexibility index (Phi) is 10.7. The van der Waals surface area contributed by atoms with Crippen molar-refractivity contribution in [1.82, 2.24) is 16.0 Å². The number of carboxylic acids is 1. The summed E-state index contributed by atoms with van der Waals surface area (Å²) in [5.41, 5.74) is 10.6. The summed E-state index contributed by atoms with van der Waals surface area (Å²) in [5, 5.41) is 25.2. The van der Waals surface area contributed by atoms with Gasteiger partial charge in [-0.1, -0.05) is 13.8 Å². The lowest BCUT2D eigenvalue weighted by atomic mass is 10.0. The predicted octanol–water partition coefficient (Wildman–Crippen LogP) is -3.21. The van der Waals surface area contributed by atoms with E-state index in [2.05, 4.69) is 10.6 Å². The minimum Gasteiger partial charge on any atom is -0.480 e. The van der Waals surface area contributed by atoms with Crippen molar-refractivity contribution in [3.05, 3.63) is 0 Å². The Morgan fingerprint density at radius 1 is 1.00 bits per heavy atom. The fourth-order valence-electron chi connectivity index (χ4n) is 2.20. The van der Waals surface area contributed by atoms with E-state index in [4.69, 9.17) is 16.6 Å². The van der Waals surface area contributed by atoms with Crippen LogP contribution in [0.1, 0.15) is 33.6 Å². The molecule has 4 unspecified atom stereocenters. The van der Waals surface area contributed by atoms with Gasteiger partial charge in [0.25, 0.3) is 0 Å². The molecule has 28 heavy (non-hydrogen) atoms. The normalized spacial score (nSPS) is 15.1. The molecule has 0 aliphatic heterocycles. The molecule has 4 amide bonds. The zero-order valence-corrected chi connectivity index (χ0v) is 16.1. The molecule has 0 saturated heterocycles. The summed E-state index contributed by atoms with van der Waals surface area (Å²) >= 11 is 0. The molecule has 9 N–H and O–H groups in total. The lowest BCUT2D eigenvalue weighted by molar-refractivity contribution is -0.143. The van der Waals surface area contributed by atoms with E-state index in [-0.39, 0.29) is 5.92 Å². The van der Waals surface area contributed by atoms with Crippen molar-refractivity contribution < 1.29 is 34.2 Å². The molecule has 0 rings (SSSR count). The average Bonchev–Trinajstić information content (AvgIpc) is 2.55. The van der Waals surface area contributed by atoms with Crippen molar-refractivity contribution in [1.29, 1.82) is 0 Å². The molecular weight excluding hydrogens is 374 g/mol. The number of aliphatic carboxylic acids is 1. The van der Waals surface area contributed by atoms with Gasteiger partial charge in [-0.15, -0.1) is 0 Å². The number of carbonyl (C=O) groups is 5. The molecule has 0 bridgehead atoms. The smallest absolute Gasteiger partial charge is 0.326 e. The summed E-state index contributed by atoms with van der Waals surface area (Å²) in [6.07, 6.45) is -1.52. The molecule has 0 aromatic carbocycles. The number of aliphatic hydroxyl groups excluding tert-OH is 1. The first-order valence-electron chi connectivity index (χ1n) is 8.67. The zero-order chi connectivity index (χ0) is 22.0. The van der Waals surface area contributed by atoms with Gasteiger partial charge in [-0.25, -0.2) is 4.79 Å². The number of carboxylic acid groups (broad SMARTS) is 1. The summed E-state index contributed by atoms with van der Waals surface area (Å²) in [6.45, 7) is 4.37. The number of nitrogens with two attached hydrogens (primary N) is 2. The zero-order valence-electron chi connectivity index (χ0n) is 16.1. The number of aliphatic hydroxyl groups is 1. The van der Waals surface area contributed by atoms with Crippen molar-refractivity contribution in [3.63, 3.8) is 0 Å². The number of nitrogens with one attached hydrogen (secondary N) is 3. The molecule has 0 heterocycles. The van der Waals surface area contributed by atoms with Crippen molar-refractivity contribution in [3.8, 4) is 0 Å². The molecule has 0 saturated carbocycles. The number of primary amides is 1. The van der Waals surface area contributed by atoms with Gasteiger partial charge in [-0.2, -0.15) is 0 Å². The first-order chi connectivity index (χ1) is 12.8. The van der Waals surface area contributed by atoms with Crippen LogP contribution in [0.5, 0.6) is 0 Å². The van der Waals surface area contributed by atoms with Crippen LogP contribution in [-0.2, 0) is 24.0 Å². The maximum atomic E-state index is 12.2. The number of hydrogen-bond donors (Lipinski definition) is 7. The Hall–Kier alpha value is -2.73. The minimum atomic E-state index is -1.54. The highest BCUT2D eigenvalue weighted by Gasteiger charge is 2.29. The van der Waals surface area contributed by atoms with E-state index in [0.29, 0.717) is 6.42 Å². The maximum absolute atomic E-state index is 12.2. The molecule has 4 atom stereocenters. The van der Waals surface area contributed by atoms with E-state index < -0.39 is 66.8 Å². The highest BCUT2D eigenvalue weighted by atomic mass is 16.4. The Morgan fingerprint density at radius 3 is 2.00 bits per heavy atom. The molecule has 0 aliphatic rings. The van der Waals surface area contributed by atoms with Crippen molar-refractivity contribution >= 4 is 29.6 Å². The first-order valence-corrected chi connectivity index (χ1v) is 8.67. The molecule has 12 heteroatoms. The quantitative estimate of drug-likeness (QED) is 0.175. The van der Waals surface area contributed by atoms with E-state index in [9.17, 15) is 29.1 Å². The van der Waals surface area contributed by atoms with E-state index in [0.717, 1.165) is 0 Å². The fourth-order valence-corrected chi connectivity index (χ4v) is 2.20. The first kappa shape index (κ1) is 25.3. The monoisotopic (exact) mass is 403 g/mol. The predicted molar refractivity (Wildman–Crippen MR) is 97.4 cm³/mol. The third-order valence-electron chi connectivity index (χ3n) is 3.59. The number of amides is 4. The second-order valence-electron chi connectivity index (χ2n) is 6.81. The second kappa shape index (κ2) is 11.9. The van der Waals surface area contributed by atoms with Gasteiger partial charge in [0.1, 0.15) is 12.1 Å². The van der Waals surface area contributed by atoms with Gasteiger partial charge in [-0.3, -0.25) is 19.2 Å². The van der Waals surface area contributed by atoms with Crippen LogP contribution in [0.2, 0.25) is 0 Å². The van der Waals surface area contributed by atoms with E-state index >= 15 is 0 Å². The summed E-state index contributed by atoms with van der Waals surface area (Å²) in [4.78, 5) is 57.8. The minimum absolute atomic E-state index is 0.144. The summed E-state index contributed by atoms with van der Waals surface area (Å²) in [7, 11) is 0. The molecule has 160 valence electrons. The van der Waals surface area contributed by atoms with Crippen LogP contribution in [0.25, 0.3) is 0 Å². The largest absolute Gasteiger partial charge is 0.480 e. The molecule has 0 fully saturated rings. The Morgan fingerprint density at radius 2 is 1.57 bits per heavy atom. The maximum Gasteiger partial charge on any atom is 0.326 e. The third-order valence-corrected chi connectivity index (χ3v) is 3.59. The van der Waals surface area contributed by atoms with E-state index in [1.54, 1.807) is 0 Å². The lowest BCUT2D eigenvalue weighted by Gasteiger charge is -2.23. The Labute approximate surface area is 162 Å². The topological polar surface area (TPSA) is 214 Å². The lowest BCUT2D eigenvalue weighted by Crippen LogP contribution is -2.57. The Balaban J connectivity index is 4.76. The van der Waals surface area contributed by atoms with Crippen LogP contribution in [-0.4, -0.2) is 70.6 Å². The van der Waals surface area contributed by atoms with Crippen LogP contribution >= 0.6 is 0 Å². The van der Waals surface area contributed by atoms with Crippen molar-refractivity contribution in [2.24, 2.45) is 17.4 Å². The van der Waals surface area contributed by atoms with Gasteiger partial charge in [0.15, 0.2) is 0 Å². The van der Waals surface area contributed by atoms with Gasteiger partial charge in [0.2, 0.25) is 23.6 Å². The summed E-state index contributed by atoms with van der Waals surface area (Å²) in [5.74, 6) is -4.64. The molecule has 0 aliphatic carbocycles. The molecular formula is C16H29N5O7. The van der Waals surface area contributed by atoms with Gasteiger partial charge in [0.05, 0.1) is 25.1 Å². The van der Waals surface area contributed by atoms with Gasteiger partial charge >= 0.3 is 5.97 Å². The highest BCUT2D eigenvalue weighted by Crippen LogP contribution is 2.04. The van der Waals surface area contributed by atoms with E-state index in [1.807, 2.05) is 19.2 Å². The molecule has 0 aromatic rings. The Bertz CT molecular complexity index is 594. The summed E-state index contributed by atoms with van der Waals surface area (Å²) < 4.78 is 0. The average molecular weight is 403 g/mol. The van der Waals surface area contributed by atoms with Crippen LogP contribution in [0.4, 0.5) is 0 Å². The van der Waals surface area contributed by atoms with Gasteiger partial charge in [-0.05, 0) is 19.3 Å². The molecule has 12 nitrogen and oxygen atoms in total. The van der Waals surface area contributed by atoms with Gasteiger partial charge < -0.3 is 37.6 Å².